The topological polar surface area (TPSA) is 18.5 Å². The summed E-state index contributed by atoms with van der Waals surface area (Å²) in [5.41, 5.74) is 0. The molecule has 10 heavy (non-hydrogen) atoms. The first-order valence-corrected chi connectivity index (χ1v) is 5.62. The predicted octanol–water partition coefficient (Wildman–Crippen LogP) is 1.41. The molecule has 4 heteroatoms. The van der Waals surface area contributed by atoms with Crippen molar-refractivity contribution in [2.24, 2.45) is 0 Å². The van der Waals surface area contributed by atoms with E-state index in [2.05, 4.69) is 0 Å². The molecule has 0 bridgehead atoms. The molecular weight excluding hydrogens is 168 g/mol. The zero-order valence-electron chi connectivity index (χ0n) is 5.88. The Morgan fingerprint density at radius 2 is 1.50 bits per heavy atom. The van der Waals surface area contributed by atoms with Gasteiger partial charge in [0.2, 0.25) is 0 Å². The molecule has 0 aromatic carbocycles. The van der Waals surface area contributed by atoms with E-state index in [1.807, 2.05) is 23.5 Å². The molecule has 2 rings (SSSR count). The Kier molecular flexibility index (Phi) is 5.52. The molecule has 0 spiro atoms. The van der Waals surface area contributed by atoms with Gasteiger partial charge in [0.1, 0.15) is 6.79 Å². The van der Waals surface area contributed by atoms with Crippen molar-refractivity contribution < 1.29 is 9.47 Å². The minimum absolute atomic E-state index is 0.500. The van der Waals surface area contributed by atoms with Gasteiger partial charge in [-0.25, -0.2) is 0 Å². The van der Waals surface area contributed by atoms with Crippen molar-refractivity contribution in [2.45, 2.75) is 0 Å². The summed E-state index contributed by atoms with van der Waals surface area (Å²) in [6, 6.07) is 0. The summed E-state index contributed by atoms with van der Waals surface area (Å²) in [5.74, 6) is 2.76. The van der Waals surface area contributed by atoms with E-state index in [-0.39, 0.29) is 0 Å². The van der Waals surface area contributed by atoms with Gasteiger partial charge in [0, 0.05) is 16.6 Å². The maximum absolute atomic E-state index is 4.72. The van der Waals surface area contributed by atoms with Gasteiger partial charge in [-0.3, -0.25) is 0 Å². The Bertz CT molecular complexity index is 46.9. The van der Waals surface area contributed by atoms with Gasteiger partial charge in [0.25, 0.3) is 0 Å². The quantitative estimate of drug-likeness (QED) is 0.561. The van der Waals surface area contributed by atoms with Gasteiger partial charge in [-0.15, -0.1) is 0 Å². The smallest absolute Gasteiger partial charge is 0.146 e. The van der Waals surface area contributed by atoms with E-state index in [4.69, 9.17) is 9.47 Å². The number of hydrogen-bond donors (Lipinski definition) is 0. The van der Waals surface area contributed by atoms with Crippen LogP contribution in [0, 0.1) is 0 Å². The third kappa shape index (κ3) is 4.44. The largest absolute Gasteiger partial charge is 0.353 e. The molecule has 2 saturated heterocycles. The Labute approximate surface area is 70.0 Å². The van der Waals surface area contributed by atoms with Gasteiger partial charge in [0.05, 0.1) is 13.2 Å². The van der Waals surface area contributed by atoms with Crippen LogP contribution in [-0.2, 0) is 9.47 Å². The first-order valence-electron chi connectivity index (χ1n) is 3.31. The monoisotopic (exact) mass is 180 g/mol. The molecule has 0 atom stereocenters. The first-order chi connectivity index (χ1) is 5.00. The highest BCUT2D eigenvalue weighted by Gasteiger charge is 1.95. The lowest BCUT2D eigenvalue weighted by Gasteiger charge is -1.76. The van der Waals surface area contributed by atoms with Crippen LogP contribution < -0.4 is 0 Å². The molecule has 60 valence electrons. The van der Waals surface area contributed by atoms with E-state index in [0.717, 1.165) is 13.2 Å². The Hall–Kier alpha value is 0.620. The van der Waals surface area contributed by atoms with Crippen LogP contribution in [0.1, 0.15) is 0 Å². The minimum Gasteiger partial charge on any atom is -0.353 e. The average molecular weight is 180 g/mol. The summed E-state index contributed by atoms with van der Waals surface area (Å²) in [5, 5.41) is 1.33. The van der Waals surface area contributed by atoms with Crippen LogP contribution in [0.2, 0.25) is 0 Å². The molecular formula is C6H12O2S2. The second-order valence-electron chi connectivity index (χ2n) is 1.87. The van der Waals surface area contributed by atoms with E-state index in [9.17, 15) is 0 Å². The number of hydrogen-bond acceptors (Lipinski definition) is 4. The van der Waals surface area contributed by atoms with Crippen LogP contribution in [0.25, 0.3) is 0 Å². The van der Waals surface area contributed by atoms with E-state index in [1.165, 1.54) is 16.6 Å². The number of thioether (sulfide) groups is 2. The molecule has 0 N–H and O–H groups in total. The van der Waals surface area contributed by atoms with Crippen molar-refractivity contribution in [1.29, 1.82) is 0 Å². The maximum atomic E-state index is 4.72. The zero-order chi connectivity index (χ0) is 7.07. The Balaban J connectivity index is 0.0000001000. The van der Waals surface area contributed by atoms with Crippen molar-refractivity contribution in [1.82, 2.24) is 0 Å². The molecule has 2 aliphatic rings. The summed E-state index contributed by atoms with van der Waals surface area (Å²) in [4.78, 5) is 0. The van der Waals surface area contributed by atoms with Crippen molar-refractivity contribution in [2.75, 3.05) is 36.6 Å². The Morgan fingerprint density at radius 1 is 0.900 bits per heavy atom. The normalized spacial score (nSPS) is 24.0. The van der Waals surface area contributed by atoms with E-state index in [1.54, 1.807) is 0 Å². The van der Waals surface area contributed by atoms with Crippen LogP contribution >= 0.6 is 23.5 Å². The summed E-state index contributed by atoms with van der Waals surface area (Å²) in [6.45, 7) is 2.06. The van der Waals surface area contributed by atoms with Crippen LogP contribution in [0.5, 0.6) is 0 Å². The summed E-state index contributed by atoms with van der Waals surface area (Å²) in [7, 11) is 0. The highest BCUT2D eigenvalue weighted by molar-refractivity contribution is 8.19. The second-order valence-corrected chi connectivity index (χ2v) is 4.44. The van der Waals surface area contributed by atoms with Gasteiger partial charge in [-0.05, 0) is 0 Å². The summed E-state index contributed by atoms with van der Waals surface area (Å²) < 4.78 is 9.44. The second kappa shape index (κ2) is 6.34. The molecule has 0 saturated carbocycles. The lowest BCUT2D eigenvalue weighted by Crippen LogP contribution is -1.79. The highest BCUT2D eigenvalue weighted by Crippen LogP contribution is 2.20. The fraction of sp³-hybridized carbons (Fsp3) is 1.00. The number of ether oxygens (including phenoxy) is 2. The zero-order valence-corrected chi connectivity index (χ0v) is 7.51. The van der Waals surface area contributed by atoms with Crippen LogP contribution in [0.3, 0.4) is 0 Å². The van der Waals surface area contributed by atoms with Crippen LogP contribution in [0.4, 0.5) is 0 Å². The van der Waals surface area contributed by atoms with Crippen molar-refractivity contribution in [3.8, 4) is 0 Å². The van der Waals surface area contributed by atoms with Gasteiger partial charge in [0.15, 0.2) is 0 Å². The molecule has 2 heterocycles. The first kappa shape index (κ1) is 8.71. The van der Waals surface area contributed by atoms with Crippen LogP contribution in [-0.4, -0.2) is 36.6 Å². The molecule has 0 aromatic rings. The predicted molar refractivity (Wildman–Crippen MR) is 46.6 cm³/mol. The fourth-order valence-electron chi connectivity index (χ4n) is 0.589. The average Bonchev–Trinajstić information content (AvgIpc) is 2.67. The SMILES string of the molecule is C1COCO1.C1CSCS1. The van der Waals surface area contributed by atoms with E-state index < -0.39 is 0 Å². The third-order valence-electron chi connectivity index (χ3n) is 1.08. The molecule has 0 amide bonds. The molecule has 2 nitrogen and oxygen atoms in total. The molecule has 2 fully saturated rings. The summed E-state index contributed by atoms with van der Waals surface area (Å²) in [6.07, 6.45) is 0. The van der Waals surface area contributed by atoms with Crippen LogP contribution in [0.15, 0.2) is 0 Å². The molecule has 0 aromatic heterocycles. The molecule has 0 radical (unpaired) electrons. The van der Waals surface area contributed by atoms with Gasteiger partial charge in [-0.1, -0.05) is 0 Å². The third-order valence-corrected chi connectivity index (χ3v) is 3.65. The highest BCUT2D eigenvalue weighted by atomic mass is 32.2. The van der Waals surface area contributed by atoms with Gasteiger partial charge >= 0.3 is 0 Å². The molecule has 2 aliphatic heterocycles. The van der Waals surface area contributed by atoms with E-state index in [0.29, 0.717) is 6.79 Å². The lowest BCUT2D eigenvalue weighted by molar-refractivity contribution is 0.0692. The Morgan fingerprint density at radius 3 is 1.70 bits per heavy atom. The maximum Gasteiger partial charge on any atom is 0.146 e. The van der Waals surface area contributed by atoms with Crippen molar-refractivity contribution >= 4 is 23.5 Å². The van der Waals surface area contributed by atoms with E-state index >= 15 is 0 Å². The van der Waals surface area contributed by atoms with Gasteiger partial charge < -0.3 is 9.47 Å². The number of rotatable bonds is 0. The summed E-state index contributed by atoms with van der Waals surface area (Å²) >= 11 is 4.07. The molecule has 0 unspecified atom stereocenters. The standard InChI is InChI=1S/C3H6O2.C3H6S2/c2*1-2-5-3-4-1/h2*1-3H2. The van der Waals surface area contributed by atoms with Gasteiger partial charge in [-0.2, -0.15) is 23.5 Å². The minimum atomic E-state index is 0.500. The fourth-order valence-corrected chi connectivity index (χ4v) is 2.95. The lowest BCUT2D eigenvalue weighted by atomic mass is 10.8. The van der Waals surface area contributed by atoms with Crippen molar-refractivity contribution in [3.05, 3.63) is 0 Å². The van der Waals surface area contributed by atoms with Crippen molar-refractivity contribution in [3.63, 3.8) is 0 Å². The molecule has 0 aliphatic carbocycles.